The lowest BCUT2D eigenvalue weighted by molar-refractivity contribution is -0.137. The second-order valence-electron chi connectivity index (χ2n) is 25.5. The average molecular weight is 1480 g/mol. The molecule has 6 aliphatic heterocycles. The maximum atomic E-state index is 14.2. The first-order chi connectivity index (χ1) is 52.0. The van der Waals surface area contributed by atoms with Crippen molar-refractivity contribution in [2.75, 3.05) is 158 Å². The van der Waals surface area contributed by atoms with Gasteiger partial charge in [-0.3, -0.25) is 53.2 Å². The third-order valence-electron chi connectivity index (χ3n) is 17.6. The molecule has 0 saturated heterocycles. The number of amides is 8. The third-order valence-corrected chi connectivity index (χ3v) is 17.6. The predicted octanol–water partition coefficient (Wildman–Crippen LogP) is 5.76. The van der Waals surface area contributed by atoms with Crippen LogP contribution in [-0.4, -0.2) is 252 Å². The third kappa shape index (κ3) is 22.7. The number of carbonyl (C=O) groups is 8. The SMILES string of the molecule is COc1cc2c(cc1OCCCOc1cc3c(cc1OC)C(=O)N1C=C(c4ccc5c(c4)OCO5)C[C@H]1C=N3)N=C[C@@H]1CC(c3ccc(NC(=O)[C@H](C)NC(=O)[C@@H](NC(=O)CCOCCOCCOCCOCCOCCOCCOCCOCCNC(=O)CCN4C(=O)C=CC4=O)C(C)C)cc3)=CN1C2=O. The van der Waals surface area contributed by atoms with Gasteiger partial charge in [-0.05, 0) is 71.5 Å². The van der Waals surface area contributed by atoms with Gasteiger partial charge in [0.2, 0.25) is 30.4 Å². The van der Waals surface area contributed by atoms with E-state index >= 15 is 0 Å². The molecule has 4 atom stereocenters. The molecule has 4 N–H and O–H groups in total. The number of nitrogens with zero attached hydrogens (tertiary/aromatic N) is 5. The fourth-order valence-electron chi connectivity index (χ4n) is 11.9. The fraction of sp³-hybridized carbons (Fsp3) is 0.474. The van der Waals surface area contributed by atoms with E-state index in [4.69, 9.17) is 76.3 Å². The molecule has 4 aromatic carbocycles. The number of aliphatic imine (C=N–C) groups is 2. The minimum Gasteiger partial charge on any atom is -0.493 e. The van der Waals surface area contributed by atoms with E-state index in [1.807, 2.05) is 42.7 Å². The topological polar surface area (TPSA) is 348 Å². The van der Waals surface area contributed by atoms with Gasteiger partial charge >= 0.3 is 0 Å². The molecule has 0 spiro atoms. The van der Waals surface area contributed by atoms with E-state index in [1.165, 1.54) is 26.4 Å². The number of carbonyl (C=O) groups excluding carboxylic acids is 8. The Bertz CT molecular complexity index is 3920. The summed E-state index contributed by atoms with van der Waals surface area (Å²) in [5.74, 6) is -0.287. The molecule has 0 saturated carbocycles. The van der Waals surface area contributed by atoms with E-state index in [0.717, 1.165) is 27.2 Å². The van der Waals surface area contributed by atoms with Gasteiger partial charge in [0.25, 0.3) is 23.6 Å². The smallest absolute Gasteiger partial charge is 0.260 e. The minimum absolute atomic E-state index is 0.0104. The molecule has 31 heteroatoms. The fourth-order valence-corrected chi connectivity index (χ4v) is 11.9. The van der Waals surface area contributed by atoms with E-state index in [0.29, 0.717) is 181 Å². The van der Waals surface area contributed by atoms with Crippen LogP contribution in [0.2, 0.25) is 0 Å². The number of methoxy groups -OCH3 is 2. The highest BCUT2D eigenvalue weighted by Gasteiger charge is 2.36. The van der Waals surface area contributed by atoms with Crippen molar-refractivity contribution in [3.63, 3.8) is 0 Å². The summed E-state index contributed by atoms with van der Waals surface area (Å²) < 4.78 is 78.9. The Balaban J connectivity index is 0.539. The number of nitrogens with one attached hydrogen (secondary N) is 4. The normalized spacial score (nSPS) is 16.5. The number of imide groups is 1. The maximum absolute atomic E-state index is 14.2. The van der Waals surface area contributed by atoms with Crippen molar-refractivity contribution in [2.45, 2.75) is 77.0 Å². The molecule has 0 aromatic heterocycles. The second-order valence-corrected chi connectivity index (χ2v) is 25.5. The van der Waals surface area contributed by atoms with E-state index in [9.17, 15) is 38.4 Å². The Morgan fingerprint density at radius 1 is 0.514 bits per heavy atom. The molecular formula is C76H93N9O22. The molecule has 31 nitrogen and oxygen atoms in total. The monoisotopic (exact) mass is 1480 g/mol. The van der Waals surface area contributed by atoms with Gasteiger partial charge in [-0.15, -0.1) is 0 Å². The molecule has 0 aliphatic carbocycles. The second kappa shape index (κ2) is 40.6. The number of ether oxygens (including phenoxy) is 14. The highest BCUT2D eigenvalue weighted by Crippen LogP contribution is 2.43. The first-order valence-electron chi connectivity index (χ1n) is 35.7. The molecule has 10 rings (SSSR count). The number of benzene rings is 4. The zero-order valence-electron chi connectivity index (χ0n) is 60.8. The minimum atomic E-state index is -0.945. The van der Waals surface area contributed by atoms with Crippen molar-refractivity contribution < 1.29 is 105 Å². The molecule has 0 bridgehead atoms. The van der Waals surface area contributed by atoms with Gasteiger partial charge < -0.3 is 97.4 Å². The van der Waals surface area contributed by atoms with Crippen molar-refractivity contribution >= 4 is 87.9 Å². The highest BCUT2D eigenvalue weighted by molar-refractivity contribution is 6.13. The number of hydrogen-bond donors (Lipinski definition) is 4. The Morgan fingerprint density at radius 2 is 0.991 bits per heavy atom. The van der Waals surface area contributed by atoms with Crippen LogP contribution in [0.15, 0.2) is 101 Å². The van der Waals surface area contributed by atoms with E-state index < -0.39 is 35.7 Å². The number of rotatable bonds is 46. The van der Waals surface area contributed by atoms with Crippen LogP contribution >= 0.6 is 0 Å². The molecule has 0 fully saturated rings. The van der Waals surface area contributed by atoms with Gasteiger partial charge in [0.05, 0.1) is 168 Å². The number of anilines is 1. The van der Waals surface area contributed by atoms with E-state index in [1.54, 1.807) is 79.4 Å². The van der Waals surface area contributed by atoms with E-state index in [2.05, 4.69) is 21.3 Å². The lowest BCUT2D eigenvalue weighted by Gasteiger charge is -2.24. The molecule has 574 valence electrons. The Morgan fingerprint density at radius 3 is 1.50 bits per heavy atom. The Hall–Kier alpha value is -10.1. The van der Waals surface area contributed by atoms with Crippen LogP contribution in [0.3, 0.4) is 0 Å². The van der Waals surface area contributed by atoms with Crippen LogP contribution in [0.25, 0.3) is 11.1 Å². The van der Waals surface area contributed by atoms with Crippen molar-refractivity contribution in [2.24, 2.45) is 15.9 Å². The molecular weight excluding hydrogens is 1390 g/mol. The first-order valence-corrected chi connectivity index (χ1v) is 35.7. The standard InChI is InChI=1S/C76H93N9O22/c1-49(2)72(82-69(87)16-21-96-23-25-98-27-29-100-31-33-102-35-36-103-34-32-101-30-28-99-26-24-97-22-17-77-68(86)15-18-83-70(88)13-14-71(83)89)74(91)80-50(3)73(90)81-55-10-7-51(8-11-55)53-37-56-44-78-60-42-66(63(94-4)40-58(60)75(92)84(56)46-53)104-19-6-20-105-67-43-61-59(41-64(67)95-5)76(93)85-47-54(38-57(85)45-79-61)52-9-12-62-65(39-52)107-48-106-62/h7-14,39-47,49-50,56-57,72H,6,15-38,48H2,1-5H3,(H,77,86)(H,80,91)(H,81,90)(H,82,87)/t50-,56-,57-,72-/m0/s1. The quantitative estimate of drug-likeness (QED) is 0.0302. The summed E-state index contributed by atoms with van der Waals surface area (Å²) in [6.45, 7) is 11.7. The van der Waals surface area contributed by atoms with Gasteiger partial charge in [-0.25, -0.2) is 0 Å². The van der Waals surface area contributed by atoms with Crippen LogP contribution in [-0.2, 0) is 66.7 Å². The zero-order chi connectivity index (χ0) is 75.4. The summed E-state index contributed by atoms with van der Waals surface area (Å²) in [5, 5.41) is 11.0. The van der Waals surface area contributed by atoms with Crippen molar-refractivity contribution in [1.82, 2.24) is 30.7 Å². The molecule has 107 heavy (non-hydrogen) atoms. The van der Waals surface area contributed by atoms with Crippen molar-refractivity contribution in [1.29, 1.82) is 0 Å². The molecule has 0 radical (unpaired) electrons. The summed E-state index contributed by atoms with van der Waals surface area (Å²) in [6, 6.07) is 17.1. The zero-order valence-corrected chi connectivity index (χ0v) is 60.8. The van der Waals surface area contributed by atoms with Crippen LogP contribution in [0.5, 0.6) is 34.5 Å². The summed E-state index contributed by atoms with van der Waals surface area (Å²) in [6.07, 6.45) is 11.1. The lowest BCUT2D eigenvalue weighted by atomic mass is 10.0. The van der Waals surface area contributed by atoms with Crippen LogP contribution in [0.4, 0.5) is 17.1 Å². The molecule has 8 amide bonds. The van der Waals surface area contributed by atoms with Crippen LogP contribution in [0, 0.1) is 5.92 Å². The van der Waals surface area contributed by atoms with Gasteiger partial charge in [0.1, 0.15) is 12.1 Å². The van der Waals surface area contributed by atoms with Gasteiger partial charge in [0.15, 0.2) is 34.5 Å². The number of fused-ring (bicyclic) bond motifs is 5. The highest BCUT2D eigenvalue weighted by atomic mass is 16.7. The van der Waals surface area contributed by atoms with E-state index in [-0.39, 0.29) is 94.2 Å². The largest absolute Gasteiger partial charge is 0.493 e. The number of hydrogen-bond acceptors (Lipinski definition) is 24. The van der Waals surface area contributed by atoms with Crippen molar-refractivity contribution in [3.8, 4) is 34.5 Å². The van der Waals surface area contributed by atoms with Crippen molar-refractivity contribution in [3.05, 3.63) is 114 Å². The summed E-state index contributed by atoms with van der Waals surface area (Å²) in [5.41, 5.74) is 5.76. The van der Waals surface area contributed by atoms with Crippen LogP contribution in [0.1, 0.15) is 84.7 Å². The predicted molar refractivity (Wildman–Crippen MR) is 390 cm³/mol. The lowest BCUT2D eigenvalue weighted by Crippen LogP contribution is -2.53. The maximum Gasteiger partial charge on any atom is 0.260 e. The van der Waals surface area contributed by atoms with Crippen LogP contribution < -0.4 is 49.7 Å². The molecule has 6 aliphatic rings. The van der Waals surface area contributed by atoms with Gasteiger partial charge in [-0.1, -0.05) is 32.0 Å². The molecule has 6 heterocycles. The van der Waals surface area contributed by atoms with Gasteiger partial charge in [0, 0.05) is 100.0 Å². The Labute approximate surface area is 620 Å². The Kier molecular flexibility index (Phi) is 30.1. The van der Waals surface area contributed by atoms with Gasteiger partial charge in [-0.2, -0.15) is 0 Å². The molecule has 4 aromatic rings. The summed E-state index contributed by atoms with van der Waals surface area (Å²) in [4.78, 5) is 117. The average Bonchev–Trinajstić information content (AvgIpc) is 1.66. The first kappa shape index (κ1) is 79.4. The summed E-state index contributed by atoms with van der Waals surface area (Å²) in [7, 11) is 3.02. The molecule has 0 unspecified atom stereocenters. The summed E-state index contributed by atoms with van der Waals surface area (Å²) >= 11 is 0.